The molecule has 132 valence electrons. The minimum atomic E-state index is -0.607. The highest BCUT2D eigenvalue weighted by Gasteiger charge is 2.13. The SMILES string of the molecule is CCc1nc(CC(=O)c2cc(F)cc(Oc3cncnc3)c2)ccc1F. The van der Waals surface area contributed by atoms with Crippen molar-refractivity contribution in [2.45, 2.75) is 19.8 Å². The highest BCUT2D eigenvalue weighted by Crippen LogP contribution is 2.23. The minimum absolute atomic E-state index is 0.0649. The van der Waals surface area contributed by atoms with Gasteiger partial charge in [-0.05, 0) is 30.7 Å². The molecule has 2 heterocycles. The summed E-state index contributed by atoms with van der Waals surface area (Å²) in [5, 5.41) is 0. The van der Waals surface area contributed by atoms with Crippen LogP contribution in [0, 0.1) is 11.6 Å². The number of pyridine rings is 1. The third kappa shape index (κ3) is 4.24. The number of hydrogen-bond acceptors (Lipinski definition) is 5. The van der Waals surface area contributed by atoms with Gasteiger partial charge in [-0.15, -0.1) is 0 Å². The molecule has 0 aliphatic heterocycles. The van der Waals surface area contributed by atoms with Gasteiger partial charge in [0.05, 0.1) is 24.5 Å². The average molecular weight is 355 g/mol. The second kappa shape index (κ2) is 7.77. The molecule has 0 bridgehead atoms. The molecular formula is C19H15F2N3O2. The molecule has 0 saturated carbocycles. The van der Waals surface area contributed by atoms with Gasteiger partial charge in [-0.25, -0.2) is 18.7 Å². The van der Waals surface area contributed by atoms with E-state index in [4.69, 9.17) is 4.74 Å². The fourth-order valence-electron chi connectivity index (χ4n) is 2.40. The summed E-state index contributed by atoms with van der Waals surface area (Å²) in [4.78, 5) is 24.2. The summed E-state index contributed by atoms with van der Waals surface area (Å²) in [7, 11) is 0. The van der Waals surface area contributed by atoms with Gasteiger partial charge in [0.1, 0.15) is 23.7 Å². The number of Topliss-reactive ketones (excluding diaryl/α,β-unsaturated/α-hetero) is 1. The lowest BCUT2D eigenvalue weighted by atomic mass is 10.1. The predicted octanol–water partition coefficient (Wildman–Crippen LogP) is 3.93. The monoisotopic (exact) mass is 355 g/mol. The maximum atomic E-state index is 13.9. The summed E-state index contributed by atoms with van der Waals surface area (Å²) in [5.41, 5.74) is 0.861. The summed E-state index contributed by atoms with van der Waals surface area (Å²) >= 11 is 0. The van der Waals surface area contributed by atoms with E-state index in [-0.39, 0.29) is 23.5 Å². The molecule has 0 N–H and O–H groups in total. The van der Waals surface area contributed by atoms with Crippen LogP contribution >= 0.6 is 0 Å². The lowest BCUT2D eigenvalue weighted by molar-refractivity contribution is 0.0991. The molecule has 0 amide bonds. The van der Waals surface area contributed by atoms with Crippen LogP contribution in [0.4, 0.5) is 8.78 Å². The summed E-state index contributed by atoms with van der Waals surface area (Å²) in [5.74, 6) is -0.882. The van der Waals surface area contributed by atoms with Crippen molar-refractivity contribution >= 4 is 5.78 Å². The fraction of sp³-hybridized carbons (Fsp3) is 0.158. The van der Waals surface area contributed by atoms with Crippen LogP contribution in [0.15, 0.2) is 49.1 Å². The number of aryl methyl sites for hydroxylation is 1. The van der Waals surface area contributed by atoms with Crippen LogP contribution in [0.5, 0.6) is 11.5 Å². The zero-order valence-corrected chi connectivity index (χ0v) is 13.9. The van der Waals surface area contributed by atoms with Crippen molar-refractivity contribution in [3.63, 3.8) is 0 Å². The van der Waals surface area contributed by atoms with Gasteiger partial charge < -0.3 is 4.74 Å². The zero-order chi connectivity index (χ0) is 18.5. The van der Waals surface area contributed by atoms with Gasteiger partial charge in [-0.3, -0.25) is 9.78 Å². The molecule has 0 unspecified atom stereocenters. The van der Waals surface area contributed by atoms with E-state index in [1.165, 1.54) is 36.9 Å². The van der Waals surface area contributed by atoms with Gasteiger partial charge in [-0.2, -0.15) is 0 Å². The van der Waals surface area contributed by atoms with Gasteiger partial charge in [0.2, 0.25) is 0 Å². The summed E-state index contributed by atoms with van der Waals surface area (Å²) in [6, 6.07) is 6.45. The van der Waals surface area contributed by atoms with E-state index in [1.807, 2.05) is 0 Å². The number of ketones is 1. The standard InChI is InChI=1S/C19H15F2N3O2/c1-2-18-17(21)4-3-14(24-18)8-19(25)12-5-13(20)7-15(6-12)26-16-9-22-11-23-10-16/h3-7,9-11H,2,8H2,1H3. The predicted molar refractivity (Wildman–Crippen MR) is 90.1 cm³/mol. The normalized spacial score (nSPS) is 10.6. The molecule has 26 heavy (non-hydrogen) atoms. The van der Waals surface area contributed by atoms with E-state index < -0.39 is 11.6 Å². The molecule has 1 aromatic carbocycles. The van der Waals surface area contributed by atoms with Crippen LogP contribution in [-0.4, -0.2) is 20.7 Å². The van der Waals surface area contributed by atoms with Crippen molar-refractivity contribution in [2.75, 3.05) is 0 Å². The molecule has 3 aromatic rings. The van der Waals surface area contributed by atoms with Gasteiger partial charge in [-0.1, -0.05) is 6.92 Å². The first-order valence-electron chi connectivity index (χ1n) is 7.96. The van der Waals surface area contributed by atoms with Crippen molar-refractivity contribution in [3.8, 4) is 11.5 Å². The molecule has 2 aromatic heterocycles. The van der Waals surface area contributed by atoms with Crippen LogP contribution < -0.4 is 4.74 Å². The number of hydrogen-bond donors (Lipinski definition) is 0. The number of ether oxygens (including phenoxy) is 1. The number of carbonyl (C=O) groups excluding carboxylic acids is 1. The summed E-state index contributed by atoms with van der Waals surface area (Å²) in [6.07, 6.45) is 4.55. The van der Waals surface area contributed by atoms with Crippen LogP contribution in [0.25, 0.3) is 0 Å². The molecule has 0 saturated heterocycles. The number of aromatic nitrogens is 3. The van der Waals surface area contributed by atoms with Crippen LogP contribution in [0.3, 0.4) is 0 Å². The Morgan fingerprint density at radius 1 is 1.08 bits per heavy atom. The highest BCUT2D eigenvalue weighted by atomic mass is 19.1. The molecule has 0 aliphatic rings. The Labute approximate surface area is 148 Å². The van der Waals surface area contributed by atoms with Crippen LogP contribution in [0.1, 0.15) is 28.7 Å². The number of rotatable bonds is 6. The smallest absolute Gasteiger partial charge is 0.169 e. The topological polar surface area (TPSA) is 65.0 Å². The Kier molecular flexibility index (Phi) is 5.26. The summed E-state index contributed by atoms with van der Waals surface area (Å²) < 4.78 is 32.9. The maximum Gasteiger partial charge on any atom is 0.169 e. The third-order valence-corrected chi connectivity index (χ3v) is 3.62. The molecule has 0 aliphatic carbocycles. The first kappa shape index (κ1) is 17.6. The lowest BCUT2D eigenvalue weighted by Gasteiger charge is -2.08. The van der Waals surface area contributed by atoms with E-state index in [1.54, 1.807) is 6.92 Å². The number of nitrogens with zero attached hydrogens (tertiary/aromatic N) is 3. The highest BCUT2D eigenvalue weighted by molar-refractivity contribution is 5.97. The first-order chi connectivity index (χ1) is 12.5. The maximum absolute atomic E-state index is 13.9. The van der Waals surface area contributed by atoms with Crippen molar-refractivity contribution in [2.24, 2.45) is 0 Å². The quantitative estimate of drug-likeness (QED) is 0.627. The Hall–Kier alpha value is -3.22. The molecule has 0 atom stereocenters. The fourth-order valence-corrected chi connectivity index (χ4v) is 2.40. The van der Waals surface area contributed by atoms with Crippen molar-refractivity contribution in [1.29, 1.82) is 0 Å². The van der Waals surface area contributed by atoms with E-state index in [0.29, 0.717) is 23.6 Å². The van der Waals surface area contributed by atoms with Gasteiger partial charge in [0.15, 0.2) is 11.5 Å². The molecular weight excluding hydrogens is 340 g/mol. The molecule has 7 heteroatoms. The first-order valence-corrected chi connectivity index (χ1v) is 7.96. The lowest BCUT2D eigenvalue weighted by Crippen LogP contribution is -2.08. The molecule has 5 nitrogen and oxygen atoms in total. The molecule has 3 rings (SSSR count). The van der Waals surface area contributed by atoms with Gasteiger partial charge >= 0.3 is 0 Å². The van der Waals surface area contributed by atoms with Crippen LogP contribution in [-0.2, 0) is 12.8 Å². The molecule has 0 spiro atoms. The van der Waals surface area contributed by atoms with Gasteiger partial charge in [0.25, 0.3) is 0 Å². The van der Waals surface area contributed by atoms with Crippen molar-refractivity contribution in [3.05, 3.63) is 77.6 Å². The number of carbonyl (C=O) groups is 1. The van der Waals surface area contributed by atoms with Crippen molar-refractivity contribution < 1.29 is 18.3 Å². The van der Waals surface area contributed by atoms with Crippen molar-refractivity contribution in [1.82, 2.24) is 15.0 Å². The number of halogens is 2. The van der Waals surface area contributed by atoms with E-state index >= 15 is 0 Å². The zero-order valence-electron chi connectivity index (χ0n) is 13.9. The average Bonchev–Trinajstić information content (AvgIpc) is 2.63. The largest absolute Gasteiger partial charge is 0.454 e. The Balaban J connectivity index is 1.81. The second-order valence-corrected chi connectivity index (χ2v) is 5.54. The molecule has 0 fully saturated rings. The Morgan fingerprint density at radius 2 is 1.85 bits per heavy atom. The third-order valence-electron chi connectivity index (χ3n) is 3.62. The van der Waals surface area contributed by atoms with Crippen LogP contribution in [0.2, 0.25) is 0 Å². The second-order valence-electron chi connectivity index (χ2n) is 5.54. The number of benzene rings is 1. The van der Waals surface area contributed by atoms with E-state index in [2.05, 4.69) is 15.0 Å². The Bertz CT molecular complexity index is 933. The Morgan fingerprint density at radius 3 is 2.58 bits per heavy atom. The minimum Gasteiger partial charge on any atom is -0.454 e. The van der Waals surface area contributed by atoms with Gasteiger partial charge in [0, 0.05) is 17.3 Å². The molecule has 0 radical (unpaired) electrons. The van der Waals surface area contributed by atoms with E-state index in [9.17, 15) is 13.6 Å². The summed E-state index contributed by atoms with van der Waals surface area (Å²) in [6.45, 7) is 1.78. The van der Waals surface area contributed by atoms with E-state index in [0.717, 1.165) is 12.1 Å².